The van der Waals surface area contributed by atoms with E-state index in [0.29, 0.717) is 5.02 Å². The van der Waals surface area contributed by atoms with Crippen molar-refractivity contribution in [3.63, 3.8) is 0 Å². The van der Waals surface area contributed by atoms with Crippen molar-refractivity contribution < 1.29 is 4.74 Å². The van der Waals surface area contributed by atoms with Gasteiger partial charge in [-0.3, -0.25) is 0 Å². The number of benzene rings is 1. The summed E-state index contributed by atoms with van der Waals surface area (Å²) in [7, 11) is 1.67. The van der Waals surface area contributed by atoms with Gasteiger partial charge in [-0.2, -0.15) is 5.10 Å². The van der Waals surface area contributed by atoms with Crippen molar-refractivity contribution in [2.75, 3.05) is 7.11 Å². The van der Waals surface area contributed by atoms with E-state index in [1.54, 1.807) is 18.0 Å². The first kappa shape index (κ1) is 12.6. The molecule has 0 aliphatic carbocycles. The topological polar surface area (TPSA) is 27.1 Å². The molecule has 0 N–H and O–H groups in total. The highest BCUT2D eigenvalue weighted by Gasteiger charge is 2.15. The lowest BCUT2D eigenvalue weighted by atomic mass is 10.2. The van der Waals surface area contributed by atoms with Gasteiger partial charge in [-0.1, -0.05) is 17.7 Å². The third-order valence-corrected chi connectivity index (χ3v) is 3.54. The summed E-state index contributed by atoms with van der Waals surface area (Å²) in [6, 6.07) is 7.58. The molecule has 0 aliphatic rings. The van der Waals surface area contributed by atoms with Crippen LogP contribution in [0.25, 0.3) is 5.69 Å². The van der Waals surface area contributed by atoms with E-state index >= 15 is 0 Å². The predicted molar refractivity (Wildman–Crippen MR) is 71.7 cm³/mol. The molecule has 0 saturated carbocycles. The monoisotopic (exact) mass is 314 g/mol. The molecule has 0 spiro atoms. The first-order valence-electron chi connectivity index (χ1n) is 5.16. The third-order valence-electron chi connectivity index (χ3n) is 2.59. The summed E-state index contributed by atoms with van der Waals surface area (Å²) in [5, 5.41) is 4.95. The van der Waals surface area contributed by atoms with E-state index < -0.39 is 0 Å². The molecule has 2 rings (SSSR count). The lowest BCUT2D eigenvalue weighted by molar-refractivity contribution is 0.114. The van der Waals surface area contributed by atoms with Gasteiger partial charge < -0.3 is 4.74 Å². The number of hydrogen-bond acceptors (Lipinski definition) is 2. The van der Waals surface area contributed by atoms with Crippen molar-refractivity contribution in [1.29, 1.82) is 0 Å². The molecular weight excluding hydrogens is 304 g/mol. The van der Waals surface area contributed by atoms with Gasteiger partial charge in [0, 0.05) is 17.8 Å². The SMILES string of the molecule is COC(C)c1ccnn1-c1c(Cl)cccc1Br. The van der Waals surface area contributed by atoms with Crippen LogP contribution in [0.1, 0.15) is 18.7 Å². The fourth-order valence-corrected chi connectivity index (χ4v) is 2.52. The van der Waals surface area contributed by atoms with Gasteiger partial charge in [0.05, 0.1) is 22.5 Å². The molecule has 0 amide bonds. The minimum absolute atomic E-state index is 0.0410. The average Bonchev–Trinajstić information content (AvgIpc) is 2.77. The Balaban J connectivity index is 2.58. The Labute approximate surface area is 113 Å². The molecule has 1 atom stereocenters. The van der Waals surface area contributed by atoms with E-state index in [-0.39, 0.29) is 6.10 Å². The van der Waals surface area contributed by atoms with Crippen molar-refractivity contribution in [2.24, 2.45) is 0 Å². The van der Waals surface area contributed by atoms with Gasteiger partial charge >= 0.3 is 0 Å². The highest BCUT2D eigenvalue weighted by atomic mass is 79.9. The number of methoxy groups -OCH3 is 1. The van der Waals surface area contributed by atoms with E-state index in [9.17, 15) is 0 Å². The van der Waals surface area contributed by atoms with Crippen LogP contribution in [0.2, 0.25) is 5.02 Å². The molecule has 5 heteroatoms. The van der Waals surface area contributed by atoms with Crippen molar-refractivity contribution >= 4 is 27.5 Å². The molecule has 1 heterocycles. The largest absolute Gasteiger partial charge is 0.375 e. The molecule has 1 aromatic heterocycles. The van der Waals surface area contributed by atoms with Crippen LogP contribution in [0.3, 0.4) is 0 Å². The molecule has 90 valence electrons. The first-order chi connectivity index (χ1) is 8.15. The molecule has 0 radical (unpaired) electrons. The molecule has 1 aromatic carbocycles. The van der Waals surface area contributed by atoms with Gasteiger partial charge in [0.25, 0.3) is 0 Å². The number of nitrogens with zero attached hydrogens (tertiary/aromatic N) is 2. The van der Waals surface area contributed by atoms with Gasteiger partial charge in [0.15, 0.2) is 0 Å². The normalized spacial score (nSPS) is 12.7. The molecule has 0 aliphatic heterocycles. The number of ether oxygens (including phenoxy) is 1. The molecule has 0 bridgehead atoms. The molecule has 2 aromatic rings. The van der Waals surface area contributed by atoms with E-state index in [1.165, 1.54) is 0 Å². The summed E-state index contributed by atoms with van der Waals surface area (Å²) in [5.74, 6) is 0. The van der Waals surface area contributed by atoms with Crippen LogP contribution in [-0.4, -0.2) is 16.9 Å². The van der Waals surface area contributed by atoms with Gasteiger partial charge in [-0.15, -0.1) is 0 Å². The number of hydrogen-bond donors (Lipinski definition) is 0. The van der Waals surface area contributed by atoms with Crippen LogP contribution < -0.4 is 0 Å². The number of rotatable bonds is 3. The van der Waals surface area contributed by atoms with Crippen LogP contribution in [0.15, 0.2) is 34.9 Å². The third kappa shape index (κ3) is 2.39. The van der Waals surface area contributed by atoms with Gasteiger partial charge in [0.1, 0.15) is 0 Å². The zero-order valence-corrected chi connectivity index (χ0v) is 11.9. The van der Waals surface area contributed by atoms with Crippen molar-refractivity contribution in [2.45, 2.75) is 13.0 Å². The zero-order chi connectivity index (χ0) is 12.4. The van der Waals surface area contributed by atoms with Gasteiger partial charge in [-0.25, -0.2) is 4.68 Å². The molecule has 0 saturated heterocycles. The second kappa shape index (κ2) is 5.21. The minimum Gasteiger partial charge on any atom is -0.375 e. The predicted octanol–water partition coefficient (Wildman–Crippen LogP) is 4.00. The summed E-state index contributed by atoms with van der Waals surface area (Å²) in [6.45, 7) is 1.97. The Kier molecular flexibility index (Phi) is 3.86. The minimum atomic E-state index is -0.0410. The van der Waals surface area contributed by atoms with Crippen LogP contribution >= 0.6 is 27.5 Å². The highest BCUT2D eigenvalue weighted by Crippen LogP contribution is 2.30. The second-order valence-electron chi connectivity index (χ2n) is 3.62. The summed E-state index contributed by atoms with van der Waals surface area (Å²) < 4.78 is 8.01. The maximum atomic E-state index is 6.21. The van der Waals surface area contributed by atoms with Crippen LogP contribution in [-0.2, 0) is 4.74 Å². The first-order valence-corrected chi connectivity index (χ1v) is 6.33. The second-order valence-corrected chi connectivity index (χ2v) is 4.88. The van der Waals surface area contributed by atoms with Crippen molar-refractivity contribution in [3.05, 3.63) is 45.7 Å². The van der Waals surface area contributed by atoms with Crippen LogP contribution in [0, 0.1) is 0 Å². The van der Waals surface area contributed by atoms with E-state index in [4.69, 9.17) is 16.3 Å². The Morgan fingerprint density at radius 3 is 2.82 bits per heavy atom. The van der Waals surface area contributed by atoms with E-state index in [1.807, 2.05) is 31.2 Å². The highest BCUT2D eigenvalue weighted by molar-refractivity contribution is 9.10. The fourth-order valence-electron chi connectivity index (χ4n) is 1.62. The van der Waals surface area contributed by atoms with Gasteiger partial charge in [-0.05, 0) is 41.1 Å². The summed E-state index contributed by atoms with van der Waals surface area (Å²) in [4.78, 5) is 0. The Morgan fingerprint density at radius 2 is 2.18 bits per heavy atom. The van der Waals surface area contributed by atoms with Crippen LogP contribution in [0.5, 0.6) is 0 Å². The summed E-state index contributed by atoms with van der Waals surface area (Å²) in [6.07, 6.45) is 1.70. The summed E-state index contributed by atoms with van der Waals surface area (Å²) >= 11 is 9.70. The lowest BCUT2D eigenvalue weighted by Gasteiger charge is -2.14. The maximum absolute atomic E-state index is 6.21. The van der Waals surface area contributed by atoms with E-state index in [0.717, 1.165) is 15.9 Å². The molecule has 0 fully saturated rings. The average molecular weight is 316 g/mol. The van der Waals surface area contributed by atoms with Crippen molar-refractivity contribution in [1.82, 2.24) is 9.78 Å². The lowest BCUT2D eigenvalue weighted by Crippen LogP contribution is -2.07. The van der Waals surface area contributed by atoms with Gasteiger partial charge in [0.2, 0.25) is 0 Å². The quantitative estimate of drug-likeness (QED) is 0.856. The number of para-hydroxylation sites is 1. The number of aromatic nitrogens is 2. The van der Waals surface area contributed by atoms with Crippen LogP contribution in [0.4, 0.5) is 0 Å². The smallest absolute Gasteiger partial charge is 0.0977 e. The molecule has 3 nitrogen and oxygen atoms in total. The fraction of sp³-hybridized carbons (Fsp3) is 0.250. The van der Waals surface area contributed by atoms with E-state index in [2.05, 4.69) is 21.0 Å². The Hall–Kier alpha value is -0.840. The standard InChI is InChI=1S/C12H12BrClN2O/c1-8(17-2)11-6-7-15-16(11)12-9(13)4-3-5-10(12)14/h3-8H,1-2H3. The Bertz CT molecular complexity index is 507. The zero-order valence-electron chi connectivity index (χ0n) is 9.52. The molecular formula is C12H12BrClN2O. The molecule has 1 unspecified atom stereocenters. The molecule has 17 heavy (non-hydrogen) atoms. The summed E-state index contributed by atoms with van der Waals surface area (Å²) in [5.41, 5.74) is 1.79. The number of halogens is 2. The Morgan fingerprint density at radius 1 is 1.41 bits per heavy atom. The van der Waals surface area contributed by atoms with Crippen molar-refractivity contribution in [3.8, 4) is 5.69 Å². The maximum Gasteiger partial charge on any atom is 0.0977 e.